The lowest BCUT2D eigenvalue weighted by Crippen LogP contribution is -2.55. The van der Waals surface area contributed by atoms with Crippen molar-refractivity contribution < 1.29 is 19.1 Å². The number of aromatic nitrogens is 1. The monoisotopic (exact) mass is 434 g/mol. The van der Waals surface area contributed by atoms with E-state index in [-0.39, 0.29) is 28.4 Å². The molecular formula is C20H20ClFN4O4. The summed E-state index contributed by atoms with van der Waals surface area (Å²) >= 11 is 5.74. The summed E-state index contributed by atoms with van der Waals surface area (Å²) in [7, 11) is 0. The lowest BCUT2D eigenvalue weighted by molar-refractivity contribution is 0.0671. The van der Waals surface area contributed by atoms with Crippen molar-refractivity contribution in [1.82, 2.24) is 14.9 Å². The van der Waals surface area contributed by atoms with Crippen LogP contribution in [0.3, 0.4) is 0 Å². The van der Waals surface area contributed by atoms with E-state index in [4.69, 9.17) is 11.6 Å². The average Bonchev–Trinajstić information content (AvgIpc) is 2.70. The van der Waals surface area contributed by atoms with Crippen molar-refractivity contribution in [3.05, 3.63) is 62.3 Å². The van der Waals surface area contributed by atoms with Gasteiger partial charge >= 0.3 is 0 Å². The second kappa shape index (κ2) is 7.98. The van der Waals surface area contributed by atoms with Gasteiger partial charge < -0.3 is 15.3 Å². The molecule has 0 saturated carbocycles. The Bertz CT molecular complexity index is 1090. The summed E-state index contributed by atoms with van der Waals surface area (Å²) < 4.78 is 15.4. The normalized spacial score (nSPS) is 16.0. The second-order valence-electron chi connectivity index (χ2n) is 7.31. The number of nitrogens with one attached hydrogen (secondary N) is 1. The number of aromatic hydroxyl groups is 1. The Hall–Kier alpha value is -3.07. The van der Waals surface area contributed by atoms with Crippen LogP contribution in [0.15, 0.2) is 29.2 Å². The molecule has 158 valence electrons. The van der Waals surface area contributed by atoms with Gasteiger partial charge in [0.1, 0.15) is 18.0 Å². The lowest BCUT2D eigenvalue weighted by Gasteiger charge is -2.41. The van der Waals surface area contributed by atoms with E-state index in [0.29, 0.717) is 19.8 Å². The number of amides is 2. The molecule has 0 unspecified atom stereocenters. The molecule has 2 aliphatic heterocycles. The highest BCUT2D eigenvalue weighted by Gasteiger charge is 2.34. The summed E-state index contributed by atoms with van der Waals surface area (Å²) in [5.41, 5.74) is -1.27. The number of fused-ring (bicyclic) bond motifs is 4. The van der Waals surface area contributed by atoms with E-state index in [1.807, 2.05) is 5.01 Å². The van der Waals surface area contributed by atoms with E-state index >= 15 is 0 Å². The highest BCUT2D eigenvalue weighted by Crippen LogP contribution is 2.23. The third kappa shape index (κ3) is 3.49. The van der Waals surface area contributed by atoms with Crippen molar-refractivity contribution in [2.45, 2.75) is 25.8 Å². The van der Waals surface area contributed by atoms with Gasteiger partial charge in [-0.3, -0.25) is 24.1 Å². The predicted octanol–water partition coefficient (Wildman–Crippen LogP) is 1.81. The molecule has 0 atom stereocenters. The fourth-order valence-corrected chi connectivity index (χ4v) is 3.93. The number of halogens is 2. The van der Waals surface area contributed by atoms with Gasteiger partial charge in [-0.2, -0.15) is 0 Å². The van der Waals surface area contributed by atoms with E-state index in [1.165, 1.54) is 23.0 Å². The van der Waals surface area contributed by atoms with Gasteiger partial charge in [0, 0.05) is 31.4 Å². The van der Waals surface area contributed by atoms with Crippen molar-refractivity contribution in [2.24, 2.45) is 0 Å². The number of benzene rings is 1. The van der Waals surface area contributed by atoms with Crippen LogP contribution in [-0.4, -0.2) is 46.3 Å². The minimum atomic E-state index is -0.947. The van der Waals surface area contributed by atoms with E-state index in [0.717, 1.165) is 19.3 Å². The molecule has 1 saturated heterocycles. The van der Waals surface area contributed by atoms with E-state index in [1.54, 1.807) is 11.0 Å². The fraction of sp³-hybridized carbons (Fsp3) is 0.350. The molecule has 1 aromatic carbocycles. The Morgan fingerprint density at radius 2 is 1.97 bits per heavy atom. The molecule has 30 heavy (non-hydrogen) atoms. The number of hydrogen-bond acceptors (Lipinski definition) is 5. The minimum absolute atomic E-state index is 0.0756. The minimum Gasteiger partial charge on any atom is -0.502 e. The molecule has 0 aliphatic carbocycles. The number of rotatable bonds is 3. The molecule has 0 spiro atoms. The van der Waals surface area contributed by atoms with Crippen LogP contribution in [0.25, 0.3) is 0 Å². The zero-order valence-electron chi connectivity index (χ0n) is 16.0. The Kier molecular flexibility index (Phi) is 5.38. The third-order valence-electron chi connectivity index (χ3n) is 5.35. The van der Waals surface area contributed by atoms with Crippen molar-refractivity contribution in [3.8, 4) is 5.75 Å². The number of hydrogen-bond donors (Lipinski definition) is 2. The summed E-state index contributed by atoms with van der Waals surface area (Å²) in [5.74, 6) is -2.66. The Morgan fingerprint density at radius 1 is 1.20 bits per heavy atom. The number of pyridine rings is 1. The highest BCUT2D eigenvalue weighted by molar-refractivity contribution is 6.30. The van der Waals surface area contributed by atoms with Crippen molar-refractivity contribution in [2.75, 3.05) is 24.8 Å². The molecule has 1 aromatic heterocycles. The van der Waals surface area contributed by atoms with Crippen LogP contribution in [-0.2, 0) is 6.54 Å². The summed E-state index contributed by atoms with van der Waals surface area (Å²) in [6.07, 6.45) is 3.94. The SMILES string of the molecule is O=C(NCc1cccc(Cl)c1F)c1cn2c(c(O)c1=O)C(=O)N1CCCCCN2C1. The number of carbonyl (C=O) groups excluding carboxylic acids is 2. The van der Waals surface area contributed by atoms with Crippen LogP contribution in [0, 0.1) is 5.82 Å². The van der Waals surface area contributed by atoms with Crippen LogP contribution in [0.2, 0.25) is 5.02 Å². The van der Waals surface area contributed by atoms with E-state index in [2.05, 4.69) is 5.32 Å². The van der Waals surface area contributed by atoms with Gasteiger partial charge in [-0.25, -0.2) is 4.39 Å². The maximum Gasteiger partial charge on any atom is 0.277 e. The molecule has 2 aliphatic rings. The smallest absolute Gasteiger partial charge is 0.277 e. The molecule has 2 amide bonds. The van der Waals surface area contributed by atoms with Gasteiger partial charge in [-0.05, 0) is 25.3 Å². The van der Waals surface area contributed by atoms with Crippen molar-refractivity contribution in [1.29, 1.82) is 0 Å². The predicted molar refractivity (Wildman–Crippen MR) is 108 cm³/mol. The van der Waals surface area contributed by atoms with Gasteiger partial charge in [-0.15, -0.1) is 0 Å². The maximum absolute atomic E-state index is 14.0. The molecule has 1 fully saturated rings. The summed E-state index contributed by atoms with van der Waals surface area (Å²) in [4.78, 5) is 39.6. The van der Waals surface area contributed by atoms with Crippen molar-refractivity contribution >= 4 is 23.4 Å². The molecule has 3 heterocycles. The first-order valence-corrected chi connectivity index (χ1v) is 10.0. The molecule has 2 N–H and O–H groups in total. The molecule has 8 nitrogen and oxygen atoms in total. The van der Waals surface area contributed by atoms with Gasteiger partial charge in [0.05, 0.1) is 5.02 Å². The summed E-state index contributed by atoms with van der Waals surface area (Å²) in [6, 6.07) is 4.40. The Balaban J connectivity index is 1.66. The van der Waals surface area contributed by atoms with Gasteiger partial charge in [-0.1, -0.05) is 23.7 Å². The second-order valence-corrected chi connectivity index (χ2v) is 7.72. The van der Waals surface area contributed by atoms with Crippen LogP contribution in [0.4, 0.5) is 4.39 Å². The Morgan fingerprint density at radius 3 is 2.77 bits per heavy atom. The largest absolute Gasteiger partial charge is 0.502 e. The van der Waals surface area contributed by atoms with Crippen LogP contribution in [0.1, 0.15) is 45.7 Å². The first-order valence-electron chi connectivity index (χ1n) is 9.62. The van der Waals surface area contributed by atoms with Gasteiger partial charge in [0.25, 0.3) is 11.8 Å². The molecule has 2 aromatic rings. The van der Waals surface area contributed by atoms with Gasteiger partial charge in [0.2, 0.25) is 5.43 Å². The van der Waals surface area contributed by atoms with E-state index < -0.39 is 28.8 Å². The Labute approximate surface area is 176 Å². The van der Waals surface area contributed by atoms with Crippen LogP contribution < -0.4 is 15.8 Å². The highest BCUT2D eigenvalue weighted by atomic mass is 35.5. The lowest BCUT2D eigenvalue weighted by atomic mass is 10.1. The third-order valence-corrected chi connectivity index (χ3v) is 5.64. The topological polar surface area (TPSA) is 94.9 Å². The number of carbonyl (C=O) groups is 2. The molecule has 2 bridgehead atoms. The molecule has 0 radical (unpaired) electrons. The average molecular weight is 435 g/mol. The quantitative estimate of drug-likeness (QED) is 0.768. The van der Waals surface area contributed by atoms with Crippen LogP contribution >= 0.6 is 11.6 Å². The first-order chi connectivity index (χ1) is 14.4. The zero-order chi connectivity index (χ0) is 21.4. The molecule has 10 heteroatoms. The standard InChI is InChI=1S/C20H20ClFN4O4/c21-14-6-4-5-12(15(14)22)9-23-19(29)13-10-26-16(18(28)17(13)27)20(30)24-7-2-1-3-8-25(26)11-24/h4-6,10,28H,1-3,7-9,11H2,(H,23,29). The molecule has 4 rings (SSSR count). The first kappa shape index (κ1) is 20.2. The van der Waals surface area contributed by atoms with Gasteiger partial charge in [0.15, 0.2) is 11.4 Å². The van der Waals surface area contributed by atoms with Crippen LogP contribution in [0.5, 0.6) is 5.75 Å². The van der Waals surface area contributed by atoms with E-state index in [9.17, 15) is 23.9 Å². The summed E-state index contributed by atoms with van der Waals surface area (Å²) in [6.45, 7) is 1.26. The zero-order valence-corrected chi connectivity index (χ0v) is 16.8. The summed E-state index contributed by atoms with van der Waals surface area (Å²) in [5, 5.41) is 14.7. The van der Waals surface area contributed by atoms with Crippen molar-refractivity contribution in [3.63, 3.8) is 0 Å². The molecular weight excluding hydrogens is 415 g/mol. The maximum atomic E-state index is 14.0. The fourth-order valence-electron chi connectivity index (χ4n) is 3.73. The number of nitrogens with zero attached hydrogens (tertiary/aromatic N) is 3.